The number of aromatic amines is 1. The van der Waals surface area contributed by atoms with Crippen LogP contribution in [0.2, 0.25) is 10.0 Å². The van der Waals surface area contributed by atoms with Gasteiger partial charge >= 0.3 is 0 Å². The van der Waals surface area contributed by atoms with Gasteiger partial charge in [0.25, 0.3) is 0 Å². The van der Waals surface area contributed by atoms with Crippen LogP contribution in [0, 0.1) is 4.77 Å². The Bertz CT molecular complexity index is 617. The fourth-order valence-electron chi connectivity index (χ4n) is 1.59. The van der Waals surface area contributed by atoms with E-state index >= 15 is 0 Å². The van der Waals surface area contributed by atoms with Crippen LogP contribution in [0.15, 0.2) is 18.5 Å². The van der Waals surface area contributed by atoms with E-state index in [0.717, 1.165) is 12.0 Å². The molecule has 0 atom stereocenters. The van der Waals surface area contributed by atoms with Crippen molar-refractivity contribution in [3.8, 4) is 5.75 Å². The summed E-state index contributed by atoms with van der Waals surface area (Å²) in [5, 5.41) is 7.47. The standard InChI is InChI=1S/C12H14Cl2N4OS/c1-2-3-19-11-9(13)4-8(5-10(11)14)6-16-18-7-15-17-12(18)20/h4-5,7,16H,2-3,6H2,1H3,(H,17,20). The number of hydrogen-bond acceptors (Lipinski definition) is 4. The molecular formula is C12H14Cl2N4OS. The van der Waals surface area contributed by atoms with E-state index in [9.17, 15) is 0 Å². The van der Waals surface area contributed by atoms with E-state index in [2.05, 4.69) is 15.6 Å². The zero-order valence-electron chi connectivity index (χ0n) is 10.8. The molecule has 5 nitrogen and oxygen atoms in total. The summed E-state index contributed by atoms with van der Waals surface area (Å²) in [4.78, 5) is 0. The third-order valence-corrected chi connectivity index (χ3v) is 3.36. The van der Waals surface area contributed by atoms with Gasteiger partial charge in [0.05, 0.1) is 23.2 Å². The first-order chi connectivity index (χ1) is 9.61. The van der Waals surface area contributed by atoms with E-state index in [1.165, 1.54) is 0 Å². The van der Waals surface area contributed by atoms with E-state index in [0.29, 0.717) is 33.7 Å². The molecule has 0 bridgehead atoms. The zero-order valence-corrected chi connectivity index (χ0v) is 13.1. The van der Waals surface area contributed by atoms with Crippen LogP contribution >= 0.6 is 35.4 Å². The van der Waals surface area contributed by atoms with Gasteiger partial charge in [-0.2, -0.15) is 5.10 Å². The average Bonchev–Trinajstić information content (AvgIpc) is 2.81. The molecule has 8 heteroatoms. The van der Waals surface area contributed by atoms with Crippen molar-refractivity contribution in [2.45, 2.75) is 19.9 Å². The van der Waals surface area contributed by atoms with Crippen LogP contribution in [0.25, 0.3) is 0 Å². The average molecular weight is 333 g/mol. The smallest absolute Gasteiger partial charge is 0.214 e. The number of nitrogens with one attached hydrogen (secondary N) is 2. The first-order valence-electron chi connectivity index (χ1n) is 6.08. The second-order valence-electron chi connectivity index (χ2n) is 4.10. The van der Waals surface area contributed by atoms with Crippen LogP contribution < -0.4 is 10.2 Å². The third-order valence-electron chi connectivity index (χ3n) is 2.51. The van der Waals surface area contributed by atoms with Crippen LogP contribution in [-0.2, 0) is 6.54 Å². The summed E-state index contributed by atoms with van der Waals surface area (Å²) < 4.78 is 7.62. The highest BCUT2D eigenvalue weighted by atomic mass is 35.5. The van der Waals surface area contributed by atoms with Gasteiger partial charge in [0.15, 0.2) is 5.75 Å². The van der Waals surface area contributed by atoms with Crippen molar-refractivity contribution in [3.63, 3.8) is 0 Å². The van der Waals surface area contributed by atoms with Crippen molar-refractivity contribution in [1.29, 1.82) is 0 Å². The van der Waals surface area contributed by atoms with E-state index < -0.39 is 0 Å². The molecule has 0 aliphatic heterocycles. The van der Waals surface area contributed by atoms with Gasteiger partial charge in [0.1, 0.15) is 6.33 Å². The van der Waals surface area contributed by atoms with E-state index in [-0.39, 0.29) is 0 Å². The fraction of sp³-hybridized carbons (Fsp3) is 0.333. The number of nitrogens with zero attached hydrogens (tertiary/aromatic N) is 2. The number of rotatable bonds is 6. The van der Waals surface area contributed by atoms with Crippen molar-refractivity contribution >= 4 is 35.4 Å². The quantitative estimate of drug-likeness (QED) is 0.790. The molecule has 2 N–H and O–H groups in total. The highest BCUT2D eigenvalue weighted by molar-refractivity contribution is 7.71. The Kier molecular flexibility index (Phi) is 5.28. The van der Waals surface area contributed by atoms with Crippen LogP contribution in [0.4, 0.5) is 0 Å². The van der Waals surface area contributed by atoms with Crippen molar-refractivity contribution in [2.75, 3.05) is 12.0 Å². The Balaban J connectivity index is 2.10. The summed E-state index contributed by atoms with van der Waals surface area (Å²) in [5.74, 6) is 0.527. The van der Waals surface area contributed by atoms with Crippen LogP contribution in [0.5, 0.6) is 5.75 Å². The molecule has 1 aromatic carbocycles. The largest absolute Gasteiger partial charge is 0.490 e. The molecule has 0 unspecified atom stereocenters. The molecule has 2 aromatic rings. The van der Waals surface area contributed by atoms with Gasteiger partial charge < -0.3 is 10.2 Å². The monoisotopic (exact) mass is 332 g/mol. The summed E-state index contributed by atoms with van der Waals surface area (Å²) in [6.07, 6.45) is 2.46. The lowest BCUT2D eigenvalue weighted by atomic mass is 10.2. The number of H-pyrrole nitrogens is 1. The van der Waals surface area contributed by atoms with Crippen molar-refractivity contribution in [3.05, 3.63) is 38.8 Å². The topological polar surface area (TPSA) is 54.9 Å². The van der Waals surface area contributed by atoms with E-state index in [4.69, 9.17) is 40.2 Å². The third kappa shape index (κ3) is 3.65. The number of aromatic nitrogens is 3. The highest BCUT2D eigenvalue weighted by Crippen LogP contribution is 2.34. The molecule has 0 radical (unpaired) electrons. The number of hydrogen-bond donors (Lipinski definition) is 2. The summed E-state index contributed by atoms with van der Waals surface area (Å²) >= 11 is 17.4. The lowest BCUT2D eigenvalue weighted by molar-refractivity contribution is 0.318. The van der Waals surface area contributed by atoms with Gasteiger partial charge in [-0.1, -0.05) is 30.1 Å². The van der Waals surface area contributed by atoms with E-state index in [1.807, 2.05) is 19.1 Å². The molecule has 0 fully saturated rings. The van der Waals surface area contributed by atoms with Crippen molar-refractivity contribution < 1.29 is 4.74 Å². The molecule has 0 amide bonds. The first-order valence-corrected chi connectivity index (χ1v) is 7.25. The van der Waals surface area contributed by atoms with Gasteiger partial charge in [-0.3, -0.25) is 5.10 Å². The van der Waals surface area contributed by atoms with Gasteiger partial charge in [-0.25, -0.2) is 4.68 Å². The van der Waals surface area contributed by atoms with Gasteiger partial charge in [-0.05, 0) is 36.3 Å². The van der Waals surface area contributed by atoms with Crippen molar-refractivity contribution in [1.82, 2.24) is 14.9 Å². The molecule has 0 aliphatic rings. The Hall–Kier alpha value is -1.24. The molecule has 1 heterocycles. The number of benzene rings is 1. The maximum Gasteiger partial charge on any atom is 0.214 e. The van der Waals surface area contributed by atoms with Gasteiger partial charge in [0.2, 0.25) is 4.77 Å². The highest BCUT2D eigenvalue weighted by Gasteiger charge is 2.09. The van der Waals surface area contributed by atoms with Crippen LogP contribution in [-0.4, -0.2) is 21.5 Å². The normalized spacial score (nSPS) is 10.6. The van der Waals surface area contributed by atoms with Gasteiger partial charge in [0, 0.05) is 0 Å². The summed E-state index contributed by atoms with van der Waals surface area (Å²) in [6.45, 7) is 3.12. The fourth-order valence-corrected chi connectivity index (χ4v) is 2.40. The maximum absolute atomic E-state index is 6.18. The maximum atomic E-state index is 6.18. The van der Waals surface area contributed by atoms with Crippen molar-refractivity contribution in [2.24, 2.45) is 0 Å². The molecule has 0 saturated heterocycles. The molecule has 0 spiro atoms. The minimum absolute atomic E-state index is 0.491. The molecular weight excluding hydrogens is 319 g/mol. The second kappa shape index (κ2) is 6.97. The zero-order chi connectivity index (χ0) is 14.5. The molecule has 20 heavy (non-hydrogen) atoms. The number of ether oxygens (including phenoxy) is 1. The number of halogens is 2. The van der Waals surface area contributed by atoms with Crippen LogP contribution in [0.1, 0.15) is 18.9 Å². The SMILES string of the molecule is CCCOc1c(Cl)cc(CNn2cn[nH]c2=S)cc1Cl. The Labute approximate surface area is 131 Å². The van der Waals surface area contributed by atoms with E-state index in [1.54, 1.807) is 11.0 Å². The van der Waals surface area contributed by atoms with Gasteiger partial charge in [-0.15, -0.1) is 0 Å². The first kappa shape index (κ1) is 15.2. The summed E-state index contributed by atoms with van der Waals surface area (Å²) in [7, 11) is 0. The lowest BCUT2D eigenvalue weighted by Gasteiger charge is -2.12. The minimum Gasteiger partial charge on any atom is -0.490 e. The lowest BCUT2D eigenvalue weighted by Crippen LogP contribution is -2.13. The molecule has 2 rings (SSSR count). The minimum atomic E-state index is 0.491. The Morgan fingerprint density at radius 1 is 1.40 bits per heavy atom. The predicted molar refractivity (Wildman–Crippen MR) is 82.7 cm³/mol. The molecule has 0 saturated carbocycles. The van der Waals surface area contributed by atoms with Crippen LogP contribution in [0.3, 0.4) is 0 Å². The second-order valence-corrected chi connectivity index (χ2v) is 5.30. The molecule has 0 aliphatic carbocycles. The Morgan fingerprint density at radius 2 is 2.10 bits per heavy atom. The molecule has 108 valence electrons. The summed E-state index contributed by atoms with van der Waals surface area (Å²) in [6, 6.07) is 3.63. The predicted octanol–water partition coefficient (Wildman–Crippen LogP) is 3.78. The summed E-state index contributed by atoms with van der Waals surface area (Å²) in [5.41, 5.74) is 4.01. The molecule has 1 aromatic heterocycles. The Morgan fingerprint density at radius 3 is 2.65 bits per heavy atom.